The van der Waals surface area contributed by atoms with Gasteiger partial charge in [-0.3, -0.25) is 5.10 Å². The molecule has 0 fully saturated rings. The molecular weight excluding hydrogens is 162 g/mol. The molecule has 0 spiro atoms. The molecule has 0 aliphatic heterocycles. The zero-order valence-corrected chi connectivity index (χ0v) is 7.59. The molecular formula is C10H12N3. The number of hydrogen-bond acceptors (Lipinski definition) is 2. The molecule has 0 aliphatic rings. The number of benzene rings is 1. The van der Waals surface area contributed by atoms with Gasteiger partial charge in [-0.15, -0.1) is 0 Å². The van der Waals surface area contributed by atoms with Gasteiger partial charge in [0.15, 0.2) is 5.82 Å². The third kappa shape index (κ3) is 1.37. The van der Waals surface area contributed by atoms with Crippen molar-refractivity contribution in [1.29, 1.82) is 0 Å². The van der Waals surface area contributed by atoms with E-state index in [4.69, 9.17) is 0 Å². The van der Waals surface area contributed by atoms with Gasteiger partial charge in [-0.1, -0.05) is 6.07 Å². The number of aromatic nitrogens is 2. The summed E-state index contributed by atoms with van der Waals surface area (Å²) in [5.41, 5.74) is 2.05. The molecule has 1 aromatic carbocycles. The summed E-state index contributed by atoms with van der Waals surface area (Å²) < 4.78 is 0. The average molecular weight is 174 g/mol. The van der Waals surface area contributed by atoms with E-state index < -0.39 is 0 Å². The minimum Gasteiger partial charge on any atom is -0.368 e. The molecule has 0 aliphatic carbocycles. The van der Waals surface area contributed by atoms with Crippen LogP contribution in [0.5, 0.6) is 0 Å². The van der Waals surface area contributed by atoms with Gasteiger partial charge in [-0.05, 0) is 31.5 Å². The van der Waals surface area contributed by atoms with E-state index in [1.54, 1.807) is 0 Å². The number of nitrogens with zero attached hydrogens (tertiary/aromatic N) is 1. The van der Waals surface area contributed by atoms with Crippen LogP contribution in [0.15, 0.2) is 18.2 Å². The minimum atomic E-state index is 0.876. The molecule has 67 valence electrons. The Hall–Kier alpha value is -1.51. The fourth-order valence-corrected chi connectivity index (χ4v) is 1.36. The van der Waals surface area contributed by atoms with Gasteiger partial charge in [0, 0.05) is 11.9 Å². The van der Waals surface area contributed by atoms with E-state index in [1.807, 2.05) is 18.2 Å². The van der Waals surface area contributed by atoms with Crippen LogP contribution < -0.4 is 5.32 Å². The molecule has 0 saturated carbocycles. The van der Waals surface area contributed by atoms with Gasteiger partial charge in [-0.2, -0.15) is 5.10 Å². The topological polar surface area (TPSA) is 40.7 Å². The van der Waals surface area contributed by atoms with Crippen molar-refractivity contribution in [2.24, 2.45) is 0 Å². The number of aromatic amines is 1. The second-order valence-corrected chi connectivity index (χ2v) is 2.98. The van der Waals surface area contributed by atoms with Crippen LogP contribution in [0, 0.1) is 6.92 Å². The van der Waals surface area contributed by atoms with Gasteiger partial charge in [-0.25, -0.2) is 0 Å². The molecule has 1 heterocycles. The third-order valence-corrected chi connectivity index (χ3v) is 1.97. The highest BCUT2D eigenvalue weighted by molar-refractivity contribution is 5.90. The van der Waals surface area contributed by atoms with Crippen molar-refractivity contribution in [3.05, 3.63) is 30.7 Å². The van der Waals surface area contributed by atoms with Gasteiger partial charge >= 0.3 is 0 Å². The summed E-state index contributed by atoms with van der Waals surface area (Å²) in [6.07, 6.45) is 0. The van der Waals surface area contributed by atoms with Crippen LogP contribution in [0.3, 0.4) is 0 Å². The summed E-state index contributed by atoms with van der Waals surface area (Å²) >= 11 is 0. The van der Waals surface area contributed by atoms with E-state index in [2.05, 4.69) is 29.4 Å². The van der Waals surface area contributed by atoms with E-state index in [0.29, 0.717) is 0 Å². The summed E-state index contributed by atoms with van der Waals surface area (Å²) in [6.45, 7) is 6.81. The highest BCUT2D eigenvalue weighted by Gasteiger charge is 2.03. The van der Waals surface area contributed by atoms with Crippen molar-refractivity contribution in [3.63, 3.8) is 0 Å². The lowest BCUT2D eigenvalue weighted by Gasteiger charge is -1.98. The lowest BCUT2D eigenvalue weighted by atomic mass is 10.2. The monoisotopic (exact) mass is 174 g/mol. The number of nitrogens with one attached hydrogen (secondary N) is 2. The first-order valence-electron chi connectivity index (χ1n) is 4.35. The molecule has 3 nitrogen and oxygen atoms in total. The van der Waals surface area contributed by atoms with Crippen molar-refractivity contribution in [2.45, 2.75) is 6.92 Å². The minimum absolute atomic E-state index is 0.876. The Morgan fingerprint density at radius 2 is 2.38 bits per heavy atom. The van der Waals surface area contributed by atoms with Crippen molar-refractivity contribution >= 4 is 16.7 Å². The second-order valence-electron chi connectivity index (χ2n) is 2.98. The smallest absolute Gasteiger partial charge is 0.155 e. The van der Waals surface area contributed by atoms with Gasteiger partial charge in [0.2, 0.25) is 0 Å². The highest BCUT2D eigenvalue weighted by Crippen LogP contribution is 2.20. The van der Waals surface area contributed by atoms with Gasteiger partial charge < -0.3 is 5.32 Å². The number of rotatable bonds is 2. The molecule has 0 saturated heterocycles. The Labute approximate surface area is 77.2 Å². The molecule has 1 aromatic heterocycles. The first-order chi connectivity index (χ1) is 6.31. The Morgan fingerprint density at radius 3 is 3.15 bits per heavy atom. The Morgan fingerprint density at radius 1 is 1.54 bits per heavy atom. The van der Waals surface area contributed by atoms with Crippen molar-refractivity contribution in [1.82, 2.24) is 10.2 Å². The Balaban J connectivity index is 2.58. The number of fused-ring (bicyclic) bond motifs is 1. The van der Waals surface area contributed by atoms with E-state index in [9.17, 15) is 0 Å². The highest BCUT2D eigenvalue weighted by atomic mass is 15.2. The zero-order chi connectivity index (χ0) is 9.26. The predicted octanol–water partition coefficient (Wildman–Crippen LogP) is 2.18. The second kappa shape index (κ2) is 3.09. The molecule has 2 aromatic rings. The zero-order valence-electron chi connectivity index (χ0n) is 7.59. The molecule has 1 radical (unpaired) electrons. The molecule has 13 heavy (non-hydrogen) atoms. The van der Waals surface area contributed by atoms with Crippen LogP contribution in [0.2, 0.25) is 0 Å². The van der Waals surface area contributed by atoms with Crippen molar-refractivity contribution in [2.75, 3.05) is 11.9 Å². The van der Waals surface area contributed by atoms with Gasteiger partial charge in [0.25, 0.3) is 0 Å². The first kappa shape index (κ1) is 8.10. The molecule has 3 heteroatoms. The molecule has 0 bridgehead atoms. The quantitative estimate of drug-likeness (QED) is 0.732. The average Bonchev–Trinajstić information content (AvgIpc) is 2.49. The lowest BCUT2D eigenvalue weighted by Crippen LogP contribution is -1.96. The summed E-state index contributed by atoms with van der Waals surface area (Å²) in [4.78, 5) is 0. The number of anilines is 1. The molecule has 0 atom stereocenters. The molecule has 2 rings (SSSR count). The Bertz CT molecular complexity index is 417. The maximum Gasteiger partial charge on any atom is 0.155 e. The van der Waals surface area contributed by atoms with Crippen molar-refractivity contribution < 1.29 is 0 Å². The summed E-state index contributed by atoms with van der Waals surface area (Å²) in [5.74, 6) is 0.906. The maximum absolute atomic E-state index is 4.16. The number of hydrogen-bond donors (Lipinski definition) is 2. The third-order valence-electron chi connectivity index (χ3n) is 1.97. The molecule has 2 N–H and O–H groups in total. The maximum atomic E-state index is 4.16. The number of H-pyrrole nitrogens is 1. The summed E-state index contributed by atoms with van der Waals surface area (Å²) in [7, 11) is 0. The van der Waals surface area contributed by atoms with E-state index in [1.165, 1.54) is 0 Å². The van der Waals surface area contributed by atoms with Crippen LogP contribution in [0.1, 0.15) is 12.5 Å². The van der Waals surface area contributed by atoms with Crippen LogP contribution >= 0.6 is 0 Å². The summed E-state index contributed by atoms with van der Waals surface area (Å²) in [5, 5.41) is 11.4. The molecule has 0 unspecified atom stereocenters. The van der Waals surface area contributed by atoms with Crippen LogP contribution in [-0.2, 0) is 0 Å². The van der Waals surface area contributed by atoms with Gasteiger partial charge in [0.05, 0.1) is 5.52 Å². The fourth-order valence-electron chi connectivity index (χ4n) is 1.36. The predicted molar refractivity (Wildman–Crippen MR) is 54.7 cm³/mol. The largest absolute Gasteiger partial charge is 0.368 e. The van der Waals surface area contributed by atoms with E-state index >= 15 is 0 Å². The van der Waals surface area contributed by atoms with E-state index in [-0.39, 0.29) is 0 Å². The standard InChI is InChI=1S/C10H12N3/c1-3-11-10-8-6-7(2)4-5-9(8)12-13-10/h4-6H,2-3H2,1H3,(H2,11,12,13). The lowest BCUT2D eigenvalue weighted by molar-refractivity contribution is 1.08. The molecule has 0 amide bonds. The normalized spacial score (nSPS) is 10.6. The van der Waals surface area contributed by atoms with Gasteiger partial charge in [0.1, 0.15) is 0 Å². The van der Waals surface area contributed by atoms with Crippen LogP contribution in [-0.4, -0.2) is 16.7 Å². The summed E-state index contributed by atoms with van der Waals surface area (Å²) in [6, 6.07) is 5.98. The Kier molecular flexibility index (Phi) is 1.93. The van der Waals surface area contributed by atoms with Crippen molar-refractivity contribution in [3.8, 4) is 0 Å². The van der Waals surface area contributed by atoms with Crippen LogP contribution in [0.25, 0.3) is 10.9 Å². The van der Waals surface area contributed by atoms with Crippen LogP contribution in [0.4, 0.5) is 5.82 Å². The van der Waals surface area contributed by atoms with E-state index in [0.717, 1.165) is 28.8 Å². The fraction of sp³-hybridized carbons (Fsp3) is 0.200. The first-order valence-corrected chi connectivity index (χ1v) is 4.35. The SMILES string of the molecule is [CH2]c1ccc2[nH]nc(NCC)c2c1.